The van der Waals surface area contributed by atoms with E-state index in [-0.39, 0.29) is 47.9 Å². The molecule has 3 aliphatic rings. The lowest BCUT2D eigenvalue weighted by Gasteiger charge is -2.31. The Bertz CT molecular complexity index is 2100. The lowest BCUT2D eigenvalue weighted by Crippen LogP contribution is -2.44. The highest BCUT2D eigenvalue weighted by molar-refractivity contribution is 8.77. The Morgan fingerprint density at radius 2 is 1.98 bits per heavy atom. The molecule has 4 aromatic rings. The topological polar surface area (TPSA) is 146 Å². The average Bonchev–Trinajstić information content (AvgIpc) is 3.46. The molecule has 0 spiro atoms. The summed E-state index contributed by atoms with van der Waals surface area (Å²) in [6, 6.07) is 10.3. The van der Waals surface area contributed by atoms with Crippen molar-refractivity contribution in [1.82, 2.24) is 14.9 Å². The summed E-state index contributed by atoms with van der Waals surface area (Å²) >= 11 is 0. The number of halogens is 1. The summed E-state index contributed by atoms with van der Waals surface area (Å²) in [6.45, 7) is 8.12. The smallest absolute Gasteiger partial charge is 0.407 e. The first-order valence-corrected chi connectivity index (χ1v) is 18.4. The summed E-state index contributed by atoms with van der Waals surface area (Å²) in [5, 5.41) is 15.1. The number of esters is 1. The molecule has 4 heterocycles. The van der Waals surface area contributed by atoms with Crippen LogP contribution >= 0.6 is 21.6 Å². The number of hydrogen-bond acceptors (Lipinski definition) is 10. The summed E-state index contributed by atoms with van der Waals surface area (Å²) in [5.74, 6) is -1.20. The third-order valence-electron chi connectivity index (χ3n) is 9.82. The number of nitrogens with one attached hydrogen (secondary N) is 1. The summed E-state index contributed by atoms with van der Waals surface area (Å²) in [6.07, 6.45) is 0.417. The number of aryl methyl sites for hydroxylation is 1. The Balaban J connectivity index is 1.20. The number of pyridine rings is 2. The van der Waals surface area contributed by atoms with Crippen LogP contribution in [0.4, 0.5) is 9.18 Å². The highest BCUT2D eigenvalue weighted by atomic mass is 33.1. The van der Waals surface area contributed by atoms with Gasteiger partial charge in [-0.05, 0) is 80.5 Å². The number of aromatic nitrogens is 2. The number of hydrogen-bond donors (Lipinski definition) is 3. The standard InChI is InChI=1S/C36H37FN4O6S2/c1-5-36(45)24-12-28-31-22(14-41(28)32(42)23(24)16-46-33(36)43)30-26(11-10-21-18(2)25(37)13-27(39-31)29(21)30)40-34(44)47-15-19-6-8-20(9-7-19)48-49-35(3,4)17-38/h6-9,12-13,26,45H,5,10-11,14-17,38H2,1-4H3,(H,40,44)/t26-,36-/m0/s1. The van der Waals surface area contributed by atoms with Crippen LogP contribution in [0, 0.1) is 12.7 Å². The zero-order valence-corrected chi connectivity index (χ0v) is 29.3. The maximum Gasteiger partial charge on any atom is 0.407 e. The van der Waals surface area contributed by atoms with Crippen LogP contribution in [0.5, 0.6) is 0 Å². The summed E-state index contributed by atoms with van der Waals surface area (Å²) in [5.41, 5.74) is 8.81. The molecule has 1 aliphatic carbocycles. The molecular formula is C36H37FN4O6S2. The molecule has 0 bridgehead atoms. The molecule has 4 N–H and O–H groups in total. The van der Waals surface area contributed by atoms with E-state index in [2.05, 4.69) is 19.2 Å². The maximum absolute atomic E-state index is 15.2. The minimum Gasteiger partial charge on any atom is -0.458 e. The average molecular weight is 705 g/mol. The van der Waals surface area contributed by atoms with Crippen LogP contribution in [0.3, 0.4) is 0 Å². The molecule has 2 aliphatic heterocycles. The van der Waals surface area contributed by atoms with Crippen molar-refractivity contribution < 1.29 is 28.6 Å². The fourth-order valence-corrected chi connectivity index (χ4v) is 9.01. The van der Waals surface area contributed by atoms with E-state index in [1.807, 2.05) is 24.3 Å². The van der Waals surface area contributed by atoms with Gasteiger partial charge >= 0.3 is 12.1 Å². The van der Waals surface area contributed by atoms with Gasteiger partial charge in [-0.25, -0.2) is 19.0 Å². The third-order valence-corrected chi connectivity index (χ3v) is 13.2. The van der Waals surface area contributed by atoms with E-state index >= 15 is 4.39 Å². The lowest BCUT2D eigenvalue weighted by atomic mass is 9.81. The molecule has 1 amide bonds. The van der Waals surface area contributed by atoms with E-state index in [9.17, 15) is 19.5 Å². The van der Waals surface area contributed by atoms with Crippen LogP contribution < -0.4 is 16.6 Å². The monoisotopic (exact) mass is 704 g/mol. The number of aliphatic hydroxyl groups is 1. The van der Waals surface area contributed by atoms with Crippen LogP contribution in [0.25, 0.3) is 22.3 Å². The highest BCUT2D eigenvalue weighted by Gasteiger charge is 2.46. The molecule has 7 rings (SSSR count). The van der Waals surface area contributed by atoms with Crippen molar-refractivity contribution in [2.24, 2.45) is 5.73 Å². The van der Waals surface area contributed by atoms with E-state index < -0.39 is 29.3 Å². The number of nitrogens with zero attached hydrogens (tertiary/aromatic N) is 2. The second kappa shape index (κ2) is 12.4. The fraction of sp³-hybridized carbons (Fsp3) is 0.389. The molecule has 2 aromatic carbocycles. The predicted octanol–water partition coefficient (Wildman–Crippen LogP) is 5.92. The Morgan fingerprint density at radius 1 is 1.22 bits per heavy atom. The number of benzene rings is 2. The molecule has 2 aromatic heterocycles. The van der Waals surface area contributed by atoms with Gasteiger partial charge in [0.15, 0.2) is 5.60 Å². The van der Waals surface area contributed by atoms with Crippen molar-refractivity contribution in [3.63, 3.8) is 0 Å². The summed E-state index contributed by atoms with van der Waals surface area (Å²) in [7, 11) is 3.35. The first kappa shape index (κ1) is 33.6. The van der Waals surface area contributed by atoms with E-state index in [4.69, 9.17) is 20.2 Å². The third kappa shape index (κ3) is 5.70. The van der Waals surface area contributed by atoms with Crippen LogP contribution in [-0.2, 0) is 46.0 Å². The van der Waals surface area contributed by atoms with Gasteiger partial charge in [0.25, 0.3) is 5.56 Å². The van der Waals surface area contributed by atoms with Gasteiger partial charge < -0.3 is 30.2 Å². The van der Waals surface area contributed by atoms with Crippen molar-refractivity contribution in [1.29, 1.82) is 0 Å². The molecule has 2 atom stereocenters. The lowest BCUT2D eigenvalue weighted by molar-refractivity contribution is -0.172. The molecular weight excluding hydrogens is 668 g/mol. The SMILES string of the molecule is CC[C@@]1(O)C(=O)OCc2c1cc1n(c2=O)Cc2c-1nc1cc(F)c(C)c3c1c2[C@@H](NC(=O)OCc1ccc(SSC(C)(C)CN)cc1)CC3. The molecule has 0 fully saturated rings. The fourth-order valence-electron chi connectivity index (χ4n) is 6.87. The molecule has 10 nitrogen and oxygen atoms in total. The Kier molecular flexibility index (Phi) is 8.53. The molecule has 13 heteroatoms. The van der Waals surface area contributed by atoms with Gasteiger partial charge in [-0.2, -0.15) is 0 Å². The van der Waals surface area contributed by atoms with Crippen LogP contribution in [0.1, 0.15) is 78.6 Å². The van der Waals surface area contributed by atoms with Crippen molar-refractivity contribution in [2.75, 3.05) is 6.54 Å². The van der Waals surface area contributed by atoms with Crippen LogP contribution in [0.15, 0.2) is 46.1 Å². The first-order valence-electron chi connectivity index (χ1n) is 16.2. The van der Waals surface area contributed by atoms with Gasteiger partial charge in [0, 0.05) is 38.8 Å². The molecule has 0 saturated carbocycles. The molecule has 49 heavy (non-hydrogen) atoms. The number of carbonyl (C=O) groups excluding carboxylic acids is 2. The number of carbonyl (C=O) groups is 2. The number of rotatable bonds is 8. The van der Waals surface area contributed by atoms with E-state index in [0.29, 0.717) is 41.9 Å². The van der Waals surface area contributed by atoms with Gasteiger partial charge in [-0.1, -0.05) is 40.6 Å². The normalized spacial score (nSPS) is 19.2. The van der Waals surface area contributed by atoms with E-state index in [1.165, 1.54) is 6.07 Å². The molecule has 0 unspecified atom stereocenters. The summed E-state index contributed by atoms with van der Waals surface area (Å²) < 4.78 is 27.6. The molecule has 256 valence electrons. The van der Waals surface area contributed by atoms with Crippen molar-refractivity contribution in [3.8, 4) is 11.4 Å². The zero-order valence-electron chi connectivity index (χ0n) is 27.6. The van der Waals surface area contributed by atoms with Gasteiger partial charge in [0.2, 0.25) is 0 Å². The van der Waals surface area contributed by atoms with Crippen molar-refractivity contribution in [3.05, 3.63) is 91.5 Å². The quantitative estimate of drug-likeness (QED) is 0.132. The Morgan fingerprint density at radius 3 is 2.69 bits per heavy atom. The van der Waals surface area contributed by atoms with Crippen LogP contribution in [0.2, 0.25) is 0 Å². The molecule has 0 saturated heterocycles. The zero-order chi connectivity index (χ0) is 34.8. The predicted molar refractivity (Wildman–Crippen MR) is 187 cm³/mol. The number of amides is 1. The number of cyclic esters (lactones) is 1. The second-order valence-electron chi connectivity index (χ2n) is 13.4. The van der Waals surface area contributed by atoms with Gasteiger partial charge in [0.1, 0.15) is 19.0 Å². The minimum atomic E-state index is -1.97. The maximum atomic E-state index is 15.2. The van der Waals surface area contributed by atoms with E-state index in [0.717, 1.165) is 32.5 Å². The summed E-state index contributed by atoms with van der Waals surface area (Å²) in [4.78, 5) is 45.7. The minimum absolute atomic E-state index is 0.0161. The number of fused-ring (bicyclic) bond motifs is 5. The number of nitrogens with two attached hydrogens (primary N) is 1. The molecule has 0 radical (unpaired) electrons. The van der Waals surface area contributed by atoms with Gasteiger partial charge in [-0.3, -0.25) is 4.79 Å². The van der Waals surface area contributed by atoms with Crippen LogP contribution in [-0.4, -0.2) is 38.0 Å². The van der Waals surface area contributed by atoms with Crippen molar-refractivity contribution >= 4 is 44.6 Å². The van der Waals surface area contributed by atoms with Gasteiger partial charge in [0.05, 0.1) is 35.1 Å². The van der Waals surface area contributed by atoms with Crippen molar-refractivity contribution in [2.45, 2.75) is 88.0 Å². The largest absolute Gasteiger partial charge is 0.458 e. The Hall–Kier alpha value is -3.91. The highest BCUT2D eigenvalue weighted by Crippen LogP contribution is 2.46. The number of ether oxygens (including phenoxy) is 2. The first-order chi connectivity index (χ1) is 23.3. The second-order valence-corrected chi connectivity index (χ2v) is 16.3. The Labute approximate surface area is 290 Å². The van der Waals surface area contributed by atoms with E-state index in [1.54, 1.807) is 46.1 Å². The van der Waals surface area contributed by atoms with Gasteiger partial charge in [-0.15, -0.1) is 0 Å². The number of alkyl carbamates (subject to hydrolysis) is 1.